The van der Waals surface area contributed by atoms with E-state index in [9.17, 15) is 13.0 Å². The van der Waals surface area contributed by atoms with E-state index >= 15 is 0 Å². The summed E-state index contributed by atoms with van der Waals surface area (Å²) in [5.41, 5.74) is 4.18. The van der Waals surface area contributed by atoms with E-state index in [1.165, 1.54) is 11.3 Å². The van der Waals surface area contributed by atoms with E-state index in [0.29, 0.717) is 0 Å². The molecule has 0 saturated carbocycles. The number of hydrogen-bond acceptors (Lipinski definition) is 6. The predicted octanol–water partition coefficient (Wildman–Crippen LogP) is 6.34. The third kappa shape index (κ3) is 5.76. The number of rotatable bonds is 11. The molecule has 1 N–H and O–H groups in total. The van der Waals surface area contributed by atoms with Crippen molar-refractivity contribution in [1.82, 2.24) is 4.90 Å². The topological polar surface area (TPSA) is 82.4 Å². The highest BCUT2D eigenvalue weighted by Gasteiger charge is 2.39. The van der Waals surface area contributed by atoms with Gasteiger partial charge < -0.3 is 14.5 Å². The Bertz CT molecular complexity index is 1230. The number of para-hydroxylation sites is 2. The quantitative estimate of drug-likeness (QED) is 0.355. The number of aliphatic imine (C=N–C) groups is 1. The molecule has 2 aliphatic rings. The van der Waals surface area contributed by atoms with Crippen LogP contribution in [0.2, 0.25) is 0 Å². The van der Waals surface area contributed by atoms with Crippen molar-refractivity contribution in [3.8, 4) is 11.5 Å². The number of nitrogens with zero attached hydrogens (tertiary/aromatic N) is 3. The molecule has 0 bridgehead atoms. The Kier molecular flexibility index (Phi) is 8.36. The summed E-state index contributed by atoms with van der Waals surface area (Å²) < 4.78 is 39.9. The normalized spacial score (nSPS) is 17.8. The zero-order valence-electron chi connectivity index (χ0n) is 21.4. The van der Waals surface area contributed by atoms with Crippen molar-refractivity contribution in [2.24, 2.45) is 4.99 Å². The van der Waals surface area contributed by atoms with Gasteiger partial charge in [-0.1, -0.05) is 51.8 Å². The van der Waals surface area contributed by atoms with Crippen LogP contribution in [0.1, 0.15) is 58.4 Å². The molecule has 4 rings (SSSR count). The van der Waals surface area contributed by atoms with Crippen molar-refractivity contribution in [2.75, 3.05) is 17.2 Å². The van der Waals surface area contributed by atoms with E-state index in [4.69, 9.17) is 9.73 Å². The fourth-order valence-corrected chi connectivity index (χ4v) is 5.72. The van der Waals surface area contributed by atoms with Gasteiger partial charge in [0.15, 0.2) is 11.5 Å². The second kappa shape index (κ2) is 11.5. The van der Waals surface area contributed by atoms with E-state index < -0.39 is 10.1 Å². The number of hydrogen-bond donors (Lipinski definition) is 1. The summed E-state index contributed by atoms with van der Waals surface area (Å²) in [6.07, 6.45) is 8.64. The molecule has 0 amide bonds. The zero-order valence-corrected chi connectivity index (χ0v) is 22.2. The fourth-order valence-electron chi connectivity index (χ4n) is 5.18. The van der Waals surface area contributed by atoms with Crippen LogP contribution < -0.4 is 9.64 Å². The number of aryl methyl sites for hydroxylation is 1. The Hall–Kier alpha value is -2.84. The van der Waals surface area contributed by atoms with Crippen molar-refractivity contribution in [1.29, 1.82) is 0 Å². The zero-order chi connectivity index (χ0) is 25.7. The first kappa shape index (κ1) is 26.2. The van der Waals surface area contributed by atoms with Crippen LogP contribution in [-0.2, 0) is 16.5 Å². The Morgan fingerprint density at radius 1 is 1.00 bits per heavy atom. The van der Waals surface area contributed by atoms with Gasteiger partial charge >= 0.3 is 0 Å². The maximum absolute atomic E-state index is 12.0. The summed E-state index contributed by atoms with van der Waals surface area (Å²) in [6, 6.07) is 13.7. The van der Waals surface area contributed by atoms with Gasteiger partial charge in [-0.3, -0.25) is 9.55 Å². The second-order valence-electron chi connectivity index (χ2n) is 9.45. The van der Waals surface area contributed by atoms with Crippen LogP contribution in [-0.4, -0.2) is 48.6 Å². The van der Waals surface area contributed by atoms with Gasteiger partial charge in [-0.15, -0.1) is 0 Å². The third-order valence-corrected chi connectivity index (χ3v) is 7.43. The number of allylic oxidation sites excluding steroid dienone is 2. The third-order valence-electron chi connectivity index (χ3n) is 6.68. The van der Waals surface area contributed by atoms with Crippen LogP contribution in [0.25, 0.3) is 0 Å². The summed E-state index contributed by atoms with van der Waals surface area (Å²) >= 11 is 0. The fraction of sp³-hybridized carbons (Fsp3) is 0.464. The molecule has 2 atom stereocenters. The molecule has 0 radical (unpaired) electrons. The molecule has 2 unspecified atom stereocenters. The molecule has 8 heteroatoms. The maximum atomic E-state index is 12.0. The van der Waals surface area contributed by atoms with E-state index in [1.54, 1.807) is 0 Å². The number of ether oxygens (including phenoxy) is 1. The average molecular weight is 512 g/mol. The van der Waals surface area contributed by atoms with Gasteiger partial charge in [0.05, 0.1) is 23.2 Å². The maximum Gasteiger partial charge on any atom is 0.264 e. The van der Waals surface area contributed by atoms with Gasteiger partial charge in [0.2, 0.25) is 0 Å². The van der Waals surface area contributed by atoms with Gasteiger partial charge in [-0.05, 0) is 61.6 Å². The van der Waals surface area contributed by atoms with Crippen molar-refractivity contribution in [3.05, 3.63) is 59.8 Å². The van der Waals surface area contributed by atoms with Gasteiger partial charge in [0, 0.05) is 18.5 Å². The molecule has 2 aliphatic heterocycles. The van der Waals surface area contributed by atoms with Gasteiger partial charge in [0.1, 0.15) is 6.17 Å². The molecule has 0 aromatic heterocycles. The standard InChI is InChI=1S/C28H37N3O4S/c1-4-9-21-13-14-27-25(20-21)31(23-11-7-8-12-26(23)35-27)24(16-19-36(32,33)34)28-29-17-15-22(10-5-2)30(28)18-6-3/h7-8,11-15,17,20,24,28H,4-6,9-10,16,18-19H2,1-3H3,(H,32,33,34). The van der Waals surface area contributed by atoms with Gasteiger partial charge in [-0.2, -0.15) is 8.42 Å². The SMILES string of the molecule is CCCC1=CC=NC(C(CCS(=O)(=O)O)N2c3ccccc3Oc3ccc(CCC)cc32)N1CCC. The Morgan fingerprint density at radius 3 is 2.47 bits per heavy atom. The Labute approximate surface area is 215 Å². The number of benzene rings is 2. The molecule has 194 valence electrons. The lowest BCUT2D eigenvalue weighted by Gasteiger charge is -2.46. The van der Waals surface area contributed by atoms with Crippen LogP contribution in [0.15, 0.2) is 59.2 Å². The first-order valence-corrected chi connectivity index (χ1v) is 14.6. The summed E-state index contributed by atoms with van der Waals surface area (Å²) in [7, 11) is -4.16. The van der Waals surface area contributed by atoms with Crippen molar-refractivity contribution < 1.29 is 17.7 Å². The molecular weight excluding hydrogens is 474 g/mol. The molecule has 0 spiro atoms. The smallest absolute Gasteiger partial charge is 0.264 e. The molecule has 0 aliphatic carbocycles. The Balaban J connectivity index is 1.87. The van der Waals surface area contributed by atoms with Crippen molar-refractivity contribution in [3.63, 3.8) is 0 Å². The van der Waals surface area contributed by atoms with Crippen molar-refractivity contribution >= 4 is 27.7 Å². The van der Waals surface area contributed by atoms with Crippen LogP contribution in [0.4, 0.5) is 11.4 Å². The van der Waals surface area contributed by atoms with Crippen LogP contribution in [0.3, 0.4) is 0 Å². The van der Waals surface area contributed by atoms with E-state index in [2.05, 4.69) is 48.8 Å². The molecule has 36 heavy (non-hydrogen) atoms. The first-order chi connectivity index (χ1) is 17.4. The minimum atomic E-state index is -4.16. The first-order valence-electron chi connectivity index (χ1n) is 13.0. The van der Waals surface area contributed by atoms with Gasteiger partial charge in [0.25, 0.3) is 10.1 Å². The van der Waals surface area contributed by atoms with Crippen LogP contribution in [0, 0.1) is 0 Å². The van der Waals surface area contributed by atoms with E-state index in [-0.39, 0.29) is 24.4 Å². The lowest BCUT2D eigenvalue weighted by atomic mass is 10.00. The average Bonchev–Trinajstić information content (AvgIpc) is 2.85. The second-order valence-corrected chi connectivity index (χ2v) is 11.0. The summed E-state index contributed by atoms with van der Waals surface area (Å²) in [6.45, 7) is 7.26. The molecular formula is C28H37N3O4S. The summed E-state index contributed by atoms with van der Waals surface area (Å²) in [5.74, 6) is 1.10. The highest BCUT2D eigenvalue weighted by Crippen LogP contribution is 2.49. The minimum Gasteiger partial charge on any atom is -0.453 e. The highest BCUT2D eigenvalue weighted by molar-refractivity contribution is 7.85. The highest BCUT2D eigenvalue weighted by atomic mass is 32.2. The lowest BCUT2D eigenvalue weighted by molar-refractivity contribution is 0.212. The van der Waals surface area contributed by atoms with Crippen molar-refractivity contribution in [2.45, 2.75) is 71.5 Å². The van der Waals surface area contributed by atoms with E-state index in [0.717, 1.165) is 61.5 Å². The van der Waals surface area contributed by atoms with Gasteiger partial charge in [-0.25, -0.2) is 0 Å². The molecule has 2 aromatic carbocycles. The molecule has 0 fully saturated rings. The largest absolute Gasteiger partial charge is 0.453 e. The number of fused-ring (bicyclic) bond motifs is 2. The molecule has 0 saturated heterocycles. The van der Waals surface area contributed by atoms with E-state index in [1.807, 2.05) is 36.5 Å². The molecule has 2 aromatic rings. The monoisotopic (exact) mass is 511 g/mol. The summed E-state index contributed by atoms with van der Waals surface area (Å²) in [4.78, 5) is 9.41. The molecule has 7 nitrogen and oxygen atoms in total. The lowest BCUT2D eigenvalue weighted by Crippen LogP contribution is -2.51. The predicted molar refractivity (Wildman–Crippen MR) is 146 cm³/mol. The van der Waals surface area contributed by atoms with Crippen LogP contribution >= 0.6 is 0 Å². The molecule has 2 heterocycles. The number of anilines is 2. The summed E-state index contributed by atoms with van der Waals surface area (Å²) in [5, 5.41) is 0. The van der Waals surface area contributed by atoms with Crippen LogP contribution in [0.5, 0.6) is 11.5 Å². The Morgan fingerprint density at radius 2 is 1.75 bits per heavy atom. The minimum absolute atomic E-state index is 0.215.